The molecule has 0 bridgehead atoms. The van der Waals surface area contributed by atoms with Crippen molar-refractivity contribution >= 4 is 17.6 Å². The van der Waals surface area contributed by atoms with Crippen molar-refractivity contribution in [1.29, 1.82) is 0 Å². The summed E-state index contributed by atoms with van der Waals surface area (Å²) in [6, 6.07) is 7.02. The van der Waals surface area contributed by atoms with Gasteiger partial charge in [0.2, 0.25) is 0 Å². The van der Waals surface area contributed by atoms with Crippen LogP contribution in [0.4, 0.5) is 0 Å². The van der Waals surface area contributed by atoms with Gasteiger partial charge in [-0.05, 0) is 31.5 Å². The van der Waals surface area contributed by atoms with Crippen LogP contribution in [0, 0.1) is 25.6 Å². The van der Waals surface area contributed by atoms with Gasteiger partial charge in [0.05, 0.1) is 17.5 Å². The van der Waals surface area contributed by atoms with Gasteiger partial charge in [0.25, 0.3) is 10.2 Å². The van der Waals surface area contributed by atoms with Crippen molar-refractivity contribution in [3.63, 3.8) is 0 Å². The summed E-state index contributed by atoms with van der Waals surface area (Å²) in [7, 11) is 0. The molecule has 1 N–H and O–H groups in total. The smallest absolute Gasteiger partial charge is 0.321 e. The number of esters is 1. The Morgan fingerprint density at radius 3 is 2.34 bits per heavy atom. The molecular weight excluding hydrogens is 450 g/mol. The number of fused-ring (bicyclic) bond motifs is 1. The quantitative estimate of drug-likeness (QED) is 0.325. The number of dihydropyridines is 1. The predicted octanol–water partition coefficient (Wildman–Crippen LogP) is 2.98. The van der Waals surface area contributed by atoms with E-state index in [1.165, 1.54) is 13.2 Å². The molecule has 1 aromatic carbocycles. The Labute approximate surface area is 186 Å². The van der Waals surface area contributed by atoms with Crippen LogP contribution < -0.4 is 5.32 Å². The summed E-state index contributed by atoms with van der Waals surface area (Å²) in [5, 5.41) is 22.5. The summed E-state index contributed by atoms with van der Waals surface area (Å²) in [6.07, 6.45) is 2.64. The van der Waals surface area contributed by atoms with Crippen LogP contribution in [0.15, 0.2) is 59.3 Å². The van der Waals surface area contributed by atoms with Gasteiger partial charge in [-0.2, -0.15) is 0 Å². The van der Waals surface area contributed by atoms with E-state index in [9.17, 15) is 25.0 Å². The number of hydrogen-bond acceptors (Lipinski definition) is 10. The number of carbonyl (C=O) groups is 1. The Morgan fingerprint density at radius 1 is 1.19 bits per heavy atom. The summed E-state index contributed by atoms with van der Waals surface area (Å²) >= 11 is 5.94. The lowest BCUT2D eigenvalue weighted by Crippen LogP contribution is -2.40. The van der Waals surface area contributed by atoms with Gasteiger partial charge in [-0.25, -0.2) is 0 Å². The number of halogens is 1. The van der Waals surface area contributed by atoms with Crippen molar-refractivity contribution in [2.24, 2.45) is 5.41 Å². The normalized spacial score (nSPS) is 17.3. The number of nitrogens with one attached hydrogen (secondary N) is 1. The van der Waals surface area contributed by atoms with E-state index >= 15 is 0 Å². The molecule has 1 unspecified atom stereocenters. The van der Waals surface area contributed by atoms with Gasteiger partial charge >= 0.3 is 5.97 Å². The lowest BCUT2D eigenvalue weighted by Gasteiger charge is -2.27. The highest BCUT2D eigenvalue weighted by Gasteiger charge is 2.41. The van der Waals surface area contributed by atoms with Crippen molar-refractivity contribution in [1.82, 2.24) is 5.32 Å². The van der Waals surface area contributed by atoms with Crippen molar-refractivity contribution in [2.75, 3.05) is 13.2 Å². The number of nitrogens with zero attached hydrogens (tertiary/aromatic N) is 2. The van der Waals surface area contributed by atoms with E-state index in [0.29, 0.717) is 21.9 Å². The first-order chi connectivity index (χ1) is 15.1. The standard InChI is InChI=1S/C19H18ClN3O9/c1-11-16(32-18(24)19(2,9-30-22(25)26)10-31-23(27)28)15-8-29-17(14(15)7-21-11)12-3-5-13(20)6-4-12/h3-8,17,21H,9-10H2,1-2H3. The molecule has 13 heteroatoms. The van der Waals surface area contributed by atoms with E-state index in [0.717, 1.165) is 5.56 Å². The van der Waals surface area contributed by atoms with Gasteiger partial charge in [0.15, 0.2) is 11.9 Å². The van der Waals surface area contributed by atoms with Crippen LogP contribution in [0.5, 0.6) is 0 Å². The van der Waals surface area contributed by atoms with Crippen LogP contribution in [-0.4, -0.2) is 29.4 Å². The monoisotopic (exact) mass is 467 g/mol. The molecule has 0 amide bonds. The van der Waals surface area contributed by atoms with Crippen LogP contribution in [0.3, 0.4) is 0 Å². The third-order valence-electron chi connectivity index (χ3n) is 4.78. The van der Waals surface area contributed by atoms with E-state index in [1.807, 2.05) is 0 Å². The Balaban J connectivity index is 1.80. The van der Waals surface area contributed by atoms with E-state index < -0.39 is 40.9 Å². The number of hydrogen-bond donors (Lipinski definition) is 1. The van der Waals surface area contributed by atoms with Crippen LogP contribution in [0.2, 0.25) is 5.02 Å². The van der Waals surface area contributed by atoms with Gasteiger partial charge < -0.3 is 24.5 Å². The minimum atomic E-state index is -1.84. The van der Waals surface area contributed by atoms with Gasteiger partial charge in [0, 0.05) is 16.8 Å². The topological polar surface area (TPSA) is 152 Å². The van der Waals surface area contributed by atoms with Crippen molar-refractivity contribution in [3.05, 3.63) is 90.1 Å². The lowest BCUT2D eigenvalue weighted by atomic mass is 9.92. The van der Waals surface area contributed by atoms with Crippen molar-refractivity contribution in [3.8, 4) is 0 Å². The summed E-state index contributed by atoms with van der Waals surface area (Å²) in [6.45, 7) is 1.22. The summed E-state index contributed by atoms with van der Waals surface area (Å²) < 4.78 is 11.3. The first kappa shape index (κ1) is 22.9. The molecule has 0 aromatic heterocycles. The van der Waals surface area contributed by atoms with E-state index in [-0.39, 0.29) is 5.76 Å². The molecule has 0 spiro atoms. The SMILES string of the molecule is CC1=C(OC(=O)C(C)(CO[N+](=O)[O-])CO[N+](=O)[O-])C2=COC(c3ccc(Cl)cc3)C2=CN1. The molecule has 3 rings (SSSR count). The highest BCUT2D eigenvalue weighted by molar-refractivity contribution is 6.30. The molecule has 170 valence electrons. The second-order valence-corrected chi connectivity index (χ2v) is 7.68. The Morgan fingerprint density at radius 2 is 1.78 bits per heavy atom. The Hall–Kier alpha value is -3.80. The fraction of sp³-hybridized carbons (Fsp3) is 0.316. The molecule has 0 saturated carbocycles. The fourth-order valence-corrected chi connectivity index (χ4v) is 3.13. The number of allylic oxidation sites excluding steroid dienone is 2. The molecular formula is C19H18ClN3O9. The Bertz CT molecular complexity index is 1010. The molecule has 2 aliphatic heterocycles. The minimum Gasteiger partial charge on any atom is -0.488 e. The number of rotatable bonds is 9. The average molecular weight is 468 g/mol. The highest BCUT2D eigenvalue weighted by atomic mass is 35.5. The third-order valence-corrected chi connectivity index (χ3v) is 5.03. The van der Waals surface area contributed by atoms with Crippen molar-refractivity contribution in [2.45, 2.75) is 20.0 Å². The van der Waals surface area contributed by atoms with Gasteiger partial charge in [-0.1, -0.05) is 23.7 Å². The van der Waals surface area contributed by atoms with Gasteiger partial charge in [0.1, 0.15) is 18.6 Å². The van der Waals surface area contributed by atoms with E-state index in [1.54, 1.807) is 37.4 Å². The summed E-state index contributed by atoms with van der Waals surface area (Å²) in [4.78, 5) is 42.6. The second-order valence-electron chi connectivity index (χ2n) is 7.24. The molecule has 0 radical (unpaired) electrons. The van der Waals surface area contributed by atoms with Crippen LogP contribution in [-0.2, 0) is 23.9 Å². The van der Waals surface area contributed by atoms with E-state index in [4.69, 9.17) is 21.1 Å². The maximum atomic E-state index is 12.9. The molecule has 32 heavy (non-hydrogen) atoms. The Kier molecular flexibility index (Phi) is 6.53. The first-order valence-electron chi connectivity index (χ1n) is 9.17. The zero-order chi connectivity index (χ0) is 23.5. The zero-order valence-corrected chi connectivity index (χ0v) is 17.7. The number of ether oxygens (including phenoxy) is 2. The first-order valence-corrected chi connectivity index (χ1v) is 9.55. The molecule has 1 aromatic rings. The molecule has 2 aliphatic rings. The fourth-order valence-electron chi connectivity index (χ4n) is 3.00. The summed E-state index contributed by atoms with van der Waals surface area (Å²) in [5.41, 5.74) is 0.571. The number of benzene rings is 1. The molecule has 12 nitrogen and oxygen atoms in total. The number of carbonyl (C=O) groups excluding carboxylic acids is 1. The molecule has 0 saturated heterocycles. The molecule has 2 heterocycles. The third kappa shape index (κ3) is 4.91. The van der Waals surface area contributed by atoms with Gasteiger partial charge in [-0.3, -0.25) is 4.79 Å². The highest BCUT2D eigenvalue weighted by Crippen LogP contribution is 2.43. The lowest BCUT2D eigenvalue weighted by molar-refractivity contribution is -0.770. The van der Waals surface area contributed by atoms with Crippen LogP contribution in [0.1, 0.15) is 25.5 Å². The zero-order valence-electron chi connectivity index (χ0n) is 16.9. The maximum absolute atomic E-state index is 12.9. The van der Waals surface area contributed by atoms with Crippen molar-refractivity contribution < 1.29 is 34.1 Å². The minimum absolute atomic E-state index is 0.109. The second kappa shape index (κ2) is 9.14. The molecule has 0 aliphatic carbocycles. The molecule has 1 atom stereocenters. The average Bonchev–Trinajstić information content (AvgIpc) is 3.17. The largest absolute Gasteiger partial charge is 0.488 e. The predicted molar refractivity (Wildman–Crippen MR) is 107 cm³/mol. The summed E-state index contributed by atoms with van der Waals surface area (Å²) in [5.74, 6) is -0.910. The molecule has 0 fully saturated rings. The van der Waals surface area contributed by atoms with E-state index in [2.05, 4.69) is 15.0 Å². The maximum Gasteiger partial charge on any atom is 0.321 e. The van der Waals surface area contributed by atoms with Crippen LogP contribution in [0.25, 0.3) is 0 Å². The van der Waals surface area contributed by atoms with Crippen LogP contribution >= 0.6 is 11.6 Å². The van der Waals surface area contributed by atoms with Gasteiger partial charge in [-0.15, -0.1) is 20.2 Å².